The second-order valence-electron chi connectivity index (χ2n) is 4.64. The van der Waals surface area contributed by atoms with Gasteiger partial charge < -0.3 is 10.8 Å². The van der Waals surface area contributed by atoms with Crippen LogP contribution in [0.2, 0.25) is 0 Å². The van der Waals surface area contributed by atoms with Gasteiger partial charge in [-0.15, -0.1) is 0 Å². The highest BCUT2D eigenvalue weighted by Gasteiger charge is 2.31. The fourth-order valence-electron chi connectivity index (χ4n) is 2.19. The minimum Gasteiger partial charge on any atom is -0.399 e. The highest BCUT2D eigenvalue weighted by Crippen LogP contribution is 2.31. The van der Waals surface area contributed by atoms with Gasteiger partial charge in [0.05, 0.1) is 11.7 Å². The zero-order chi connectivity index (χ0) is 13.3. The number of likely N-dealkylation sites (tertiary alicyclic amines) is 1. The van der Waals surface area contributed by atoms with Gasteiger partial charge in [-0.25, -0.2) is 0 Å². The first-order chi connectivity index (χ1) is 8.34. The number of nitrogens with two attached hydrogens (primary N) is 1. The average molecular weight is 260 g/mol. The van der Waals surface area contributed by atoms with Crippen LogP contribution in [0.5, 0.6) is 0 Å². The van der Waals surface area contributed by atoms with E-state index in [1.165, 1.54) is 0 Å². The van der Waals surface area contributed by atoms with E-state index in [0.717, 1.165) is 12.1 Å². The number of alkyl halides is 3. The minimum atomic E-state index is -4.38. The molecule has 0 unspecified atom stereocenters. The summed E-state index contributed by atoms with van der Waals surface area (Å²) in [6.07, 6.45) is -4.10. The van der Waals surface area contributed by atoms with Crippen LogP contribution in [-0.4, -0.2) is 29.2 Å². The lowest BCUT2D eigenvalue weighted by Crippen LogP contribution is -2.22. The standard InChI is InChI=1S/C12H15F3N2O/c13-12(14,15)9-3-8(4-10(16)5-9)6-17-2-1-11(18)7-17/h3-5,11,18H,1-2,6-7,16H2/t11-/m1/s1. The molecule has 100 valence electrons. The first-order valence-corrected chi connectivity index (χ1v) is 5.71. The SMILES string of the molecule is Nc1cc(CN2CC[C@@H](O)C2)cc(C(F)(F)F)c1. The van der Waals surface area contributed by atoms with Crippen LogP contribution in [0.1, 0.15) is 17.5 Å². The van der Waals surface area contributed by atoms with Crippen molar-refractivity contribution in [2.24, 2.45) is 0 Å². The zero-order valence-electron chi connectivity index (χ0n) is 9.74. The maximum atomic E-state index is 12.6. The van der Waals surface area contributed by atoms with Crippen LogP contribution in [0, 0.1) is 0 Å². The van der Waals surface area contributed by atoms with Gasteiger partial charge in [0.2, 0.25) is 0 Å². The van der Waals surface area contributed by atoms with Crippen molar-refractivity contribution < 1.29 is 18.3 Å². The summed E-state index contributed by atoms with van der Waals surface area (Å²) in [7, 11) is 0. The smallest absolute Gasteiger partial charge is 0.399 e. The number of halogens is 3. The number of hydrogen-bond acceptors (Lipinski definition) is 3. The predicted molar refractivity (Wildman–Crippen MR) is 61.8 cm³/mol. The van der Waals surface area contributed by atoms with Gasteiger partial charge >= 0.3 is 6.18 Å². The molecule has 0 radical (unpaired) electrons. The lowest BCUT2D eigenvalue weighted by molar-refractivity contribution is -0.137. The van der Waals surface area contributed by atoms with Crippen molar-refractivity contribution in [2.75, 3.05) is 18.8 Å². The molecule has 3 nitrogen and oxygen atoms in total. The van der Waals surface area contributed by atoms with E-state index < -0.39 is 11.7 Å². The Kier molecular flexibility index (Phi) is 3.49. The molecule has 0 spiro atoms. The molecule has 3 N–H and O–H groups in total. The summed E-state index contributed by atoms with van der Waals surface area (Å²) in [6, 6.07) is 3.59. The molecule has 1 heterocycles. The Bertz CT molecular complexity index is 434. The van der Waals surface area contributed by atoms with Crippen molar-refractivity contribution >= 4 is 5.69 Å². The third-order valence-electron chi connectivity index (χ3n) is 3.00. The number of benzene rings is 1. The van der Waals surface area contributed by atoms with E-state index in [2.05, 4.69) is 0 Å². The second-order valence-corrected chi connectivity index (χ2v) is 4.64. The number of anilines is 1. The van der Waals surface area contributed by atoms with Crippen molar-refractivity contribution in [3.8, 4) is 0 Å². The van der Waals surface area contributed by atoms with E-state index in [1.807, 2.05) is 4.90 Å². The van der Waals surface area contributed by atoms with Gasteiger partial charge in [-0.1, -0.05) is 0 Å². The van der Waals surface area contributed by atoms with Gasteiger partial charge in [-0.2, -0.15) is 13.2 Å². The first-order valence-electron chi connectivity index (χ1n) is 5.71. The number of nitrogens with zero attached hydrogens (tertiary/aromatic N) is 1. The van der Waals surface area contributed by atoms with Crippen molar-refractivity contribution in [3.05, 3.63) is 29.3 Å². The number of rotatable bonds is 2. The van der Waals surface area contributed by atoms with E-state index in [4.69, 9.17) is 5.73 Å². The maximum Gasteiger partial charge on any atom is 0.416 e. The van der Waals surface area contributed by atoms with Crippen LogP contribution in [0.25, 0.3) is 0 Å². The summed E-state index contributed by atoms with van der Waals surface area (Å²) in [4.78, 5) is 1.92. The topological polar surface area (TPSA) is 49.5 Å². The molecule has 1 aromatic rings. The van der Waals surface area contributed by atoms with Crippen molar-refractivity contribution in [1.82, 2.24) is 4.90 Å². The summed E-state index contributed by atoms with van der Waals surface area (Å²) in [5, 5.41) is 9.37. The molecule has 0 amide bonds. The van der Waals surface area contributed by atoms with Crippen LogP contribution in [-0.2, 0) is 12.7 Å². The Morgan fingerprint density at radius 1 is 1.33 bits per heavy atom. The second kappa shape index (κ2) is 4.78. The molecule has 2 rings (SSSR count). The molecule has 1 atom stereocenters. The maximum absolute atomic E-state index is 12.6. The van der Waals surface area contributed by atoms with Crippen LogP contribution < -0.4 is 5.73 Å². The Balaban J connectivity index is 2.15. The Labute approximate surface area is 103 Å². The molecule has 0 bridgehead atoms. The summed E-state index contributed by atoms with van der Waals surface area (Å²) in [6.45, 7) is 1.57. The van der Waals surface area contributed by atoms with Gasteiger partial charge in [0, 0.05) is 25.3 Å². The van der Waals surface area contributed by atoms with Gasteiger partial charge in [-0.3, -0.25) is 4.90 Å². The molecular formula is C12H15F3N2O. The lowest BCUT2D eigenvalue weighted by atomic mass is 10.1. The molecule has 1 fully saturated rings. The van der Waals surface area contributed by atoms with Crippen molar-refractivity contribution in [3.63, 3.8) is 0 Å². The molecule has 0 saturated carbocycles. The van der Waals surface area contributed by atoms with Crippen LogP contribution in [0.3, 0.4) is 0 Å². The molecule has 1 saturated heterocycles. The zero-order valence-corrected chi connectivity index (χ0v) is 9.74. The van der Waals surface area contributed by atoms with Crippen LogP contribution in [0.4, 0.5) is 18.9 Å². The van der Waals surface area contributed by atoms with Gasteiger partial charge in [0.1, 0.15) is 0 Å². The van der Waals surface area contributed by atoms with Gasteiger partial charge in [0.15, 0.2) is 0 Å². The summed E-state index contributed by atoms with van der Waals surface area (Å²) in [5.41, 5.74) is 5.40. The van der Waals surface area contributed by atoms with Gasteiger partial charge in [-0.05, 0) is 30.2 Å². The molecule has 18 heavy (non-hydrogen) atoms. The molecule has 0 aliphatic carbocycles. The fourth-order valence-corrected chi connectivity index (χ4v) is 2.19. The minimum absolute atomic E-state index is 0.111. The van der Waals surface area contributed by atoms with E-state index in [-0.39, 0.29) is 11.8 Å². The van der Waals surface area contributed by atoms with E-state index in [0.29, 0.717) is 31.6 Å². The Hall–Kier alpha value is -1.27. The summed E-state index contributed by atoms with van der Waals surface area (Å²) in [5.74, 6) is 0. The number of hydrogen-bond donors (Lipinski definition) is 2. The third-order valence-corrected chi connectivity index (χ3v) is 3.00. The molecular weight excluding hydrogens is 245 g/mol. The third kappa shape index (κ3) is 3.14. The molecule has 1 aliphatic heterocycles. The number of aliphatic hydroxyl groups excluding tert-OH is 1. The van der Waals surface area contributed by atoms with E-state index >= 15 is 0 Å². The lowest BCUT2D eigenvalue weighted by Gasteiger charge is -2.16. The number of aliphatic hydroxyl groups is 1. The summed E-state index contributed by atoms with van der Waals surface area (Å²) < 4.78 is 37.8. The predicted octanol–water partition coefficient (Wildman–Crippen LogP) is 1.85. The van der Waals surface area contributed by atoms with Crippen LogP contribution >= 0.6 is 0 Å². The summed E-state index contributed by atoms with van der Waals surface area (Å²) >= 11 is 0. The molecule has 1 aliphatic rings. The van der Waals surface area contributed by atoms with Crippen LogP contribution in [0.15, 0.2) is 18.2 Å². The Morgan fingerprint density at radius 2 is 2.06 bits per heavy atom. The van der Waals surface area contributed by atoms with Gasteiger partial charge in [0.25, 0.3) is 0 Å². The molecule has 6 heteroatoms. The van der Waals surface area contributed by atoms with E-state index in [1.54, 1.807) is 6.07 Å². The van der Waals surface area contributed by atoms with Crippen molar-refractivity contribution in [1.29, 1.82) is 0 Å². The number of β-amino-alcohol motifs (C(OH)–C–C–N with tert-alkyl or cyclic N) is 1. The average Bonchev–Trinajstić information content (AvgIpc) is 2.61. The quantitative estimate of drug-likeness (QED) is 0.798. The van der Waals surface area contributed by atoms with E-state index in [9.17, 15) is 18.3 Å². The highest BCUT2D eigenvalue weighted by molar-refractivity contribution is 5.45. The number of nitrogen functional groups attached to an aromatic ring is 1. The highest BCUT2D eigenvalue weighted by atomic mass is 19.4. The first kappa shape index (κ1) is 13.2. The van der Waals surface area contributed by atoms with Crippen molar-refractivity contribution in [2.45, 2.75) is 25.2 Å². The fraction of sp³-hybridized carbons (Fsp3) is 0.500. The largest absolute Gasteiger partial charge is 0.416 e. The molecule has 0 aromatic heterocycles. The monoisotopic (exact) mass is 260 g/mol. The molecule has 1 aromatic carbocycles. The normalized spacial score (nSPS) is 21.4. The Morgan fingerprint density at radius 3 is 2.61 bits per heavy atom.